The third kappa shape index (κ3) is 3.34. The minimum absolute atomic E-state index is 0.0941. The smallest absolute Gasteiger partial charge is 0.319 e. The van der Waals surface area contributed by atoms with Crippen LogP contribution in [-0.4, -0.2) is 18.4 Å². The lowest BCUT2D eigenvalue weighted by atomic mass is 9.69. The summed E-state index contributed by atoms with van der Waals surface area (Å²) in [6, 6.07) is 4.30. The van der Waals surface area contributed by atoms with E-state index in [0.29, 0.717) is 22.9 Å². The van der Waals surface area contributed by atoms with Crippen molar-refractivity contribution in [1.82, 2.24) is 0 Å². The van der Waals surface area contributed by atoms with Gasteiger partial charge in [0.2, 0.25) is 0 Å². The van der Waals surface area contributed by atoms with E-state index in [1.165, 1.54) is 12.1 Å². The Hall–Kier alpha value is -1.23. The Morgan fingerprint density at radius 1 is 1.43 bits per heavy atom. The summed E-state index contributed by atoms with van der Waals surface area (Å²) in [5, 5.41) is 0. The van der Waals surface area contributed by atoms with Crippen LogP contribution >= 0.6 is 15.9 Å². The zero-order valence-corrected chi connectivity index (χ0v) is 13.5. The highest BCUT2D eigenvalue weighted by molar-refractivity contribution is 9.10. The number of hydrogen-bond donors (Lipinski definition) is 0. The Morgan fingerprint density at radius 3 is 2.86 bits per heavy atom. The van der Waals surface area contributed by atoms with Gasteiger partial charge in [0.05, 0.1) is 6.61 Å². The number of ketones is 1. The maximum absolute atomic E-state index is 13.5. The third-order valence-corrected chi connectivity index (χ3v) is 4.73. The van der Waals surface area contributed by atoms with Crippen molar-refractivity contribution in [1.29, 1.82) is 0 Å². The molecule has 1 aliphatic carbocycles. The van der Waals surface area contributed by atoms with Crippen molar-refractivity contribution < 1.29 is 18.7 Å². The van der Waals surface area contributed by atoms with Crippen LogP contribution in [0.25, 0.3) is 0 Å². The van der Waals surface area contributed by atoms with Crippen molar-refractivity contribution in [3.05, 3.63) is 34.1 Å². The molecule has 1 unspecified atom stereocenters. The van der Waals surface area contributed by atoms with E-state index in [-0.39, 0.29) is 24.6 Å². The summed E-state index contributed by atoms with van der Waals surface area (Å²) in [5.41, 5.74) is -0.539. The molecule has 2 rings (SSSR count). The second kappa shape index (κ2) is 6.69. The molecule has 21 heavy (non-hydrogen) atoms. The molecule has 114 valence electrons. The second-order valence-corrected chi connectivity index (χ2v) is 6.20. The van der Waals surface area contributed by atoms with E-state index in [0.717, 1.165) is 12.8 Å². The Bertz CT molecular complexity index is 558. The first-order chi connectivity index (χ1) is 9.99. The molecule has 1 aliphatic rings. The number of rotatable bonds is 4. The summed E-state index contributed by atoms with van der Waals surface area (Å²) in [6.45, 7) is 1.95. The molecule has 5 heteroatoms. The fourth-order valence-electron chi connectivity index (χ4n) is 2.84. The van der Waals surface area contributed by atoms with Gasteiger partial charge in [0.1, 0.15) is 11.2 Å². The topological polar surface area (TPSA) is 43.4 Å². The van der Waals surface area contributed by atoms with Crippen molar-refractivity contribution in [2.24, 2.45) is 5.41 Å². The van der Waals surface area contributed by atoms with Crippen molar-refractivity contribution in [2.75, 3.05) is 6.61 Å². The van der Waals surface area contributed by atoms with Gasteiger partial charge < -0.3 is 4.74 Å². The largest absolute Gasteiger partial charge is 0.465 e. The predicted octanol–water partition coefficient (Wildman–Crippen LogP) is 3.82. The molecular formula is C16H18BrFO3. The highest BCUT2D eigenvalue weighted by Gasteiger charge is 2.48. The Balaban J connectivity index is 2.38. The minimum atomic E-state index is -1.16. The third-order valence-electron chi connectivity index (χ3n) is 3.96. The Morgan fingerprint density at radius 2 is 2.19 bits per heavy atom. The quantitative estimate of drug-likeness (QED) is 0.608. The number of benzene rings is 1. The van der Waals surface area contributed by atoms with Crippen LogP contribution in [0.1, 0.15) is 38.2 Å². The summed E-state index contributed by atoms with van der Waals surface area (Å²) < 4.78 is 19.3. The second-order valence-electron chi connectivity index (χ2n) is 5.35. The molecule has 1 atom stereocenters. The predicted molar refractivity (Wildman–Crippen MR) is 80.3 cm³/mol. The van der Waals surface area contributed by atoms with Gasteiger partial charge in [-0.25, -0.2) is 4.39 Å². The number of hydrogen-bond acceptors (Lipinski definition) is 3. The molecule has 0 aromatic heterocycles. The maximum atomic E-state index is 13.5. The molecule has 0 radical (unpaired) electrons. The van der Waals surface area contributed by atoms with Gasteiger partial charge in [0, 0.05) is 10.9 Å². The van der Waals surface area contributed by atoms with Gasteiger partial charge in [-0.3, -0.25) is 9.59 Å². The lowest BCUT2D eigenvalue weighted by Crippen LogP contribution is -2.44. The average Bonchev–Trinajstić information content (AvgIpc) is 2.45. The zero-order valence-electron chi connectivity index (χ0n) is 12.0. The summed E-state index contributed by atoms with van der Waals surface area (Å²) in [4.78, 5) is 24.8. The van der Waals surface area contributed by atoms with Crippen LogP contribution in [-0.2, 0) is 20.7 Å². The van der Waals surface area contributed by atoms with Gasteiger partial charge in [-0.2, -0.15) is 0 Å². The maximum Gasteiger partial charge on any atom is 0.319 e. The minimum Gasteiger partial charge on any atom is -0.465 e. The van der Waals surface area contributed by atoms with E-state index in [2.05, 4.69) is 15.9 Å². The first-order valence-corrected chi connectivity index (χ1v) is 7.93. The lowest BCUT2D eigenvalue weighted by molar-refractivity contribution is -0.162. The molecule has 0 bridgehead atoms. The summed E-state index contributed by atoms with van der Waals surface area (Å²) in [6.07, 6.45) is 2.63. The highest BCUT2D eigenvalue weighted by atomic mass is 79.9. The van der Waals surface area contributed by atoms with Crippen LogP contribution in [0.15, 0.2) is 22.7 Å². The SMILES string of the molecule is CCOC(=O)C1(Cc2cc(F)ccc2Br)CCCCC1=O. The van der Waals surface area contributed by atoms with Gasteiger partial charge in [-0.05, 0) is 49.9 Å². The van der Waals surface area contributed by atoms with Crippen LogP contribution in [0.2, 0.25) is 0 Å². The van der Waals surface area contributed by atoms with Crippen LogP contribution in [0.3, 0.4) is 0 Å². The van der Waals surface area contributed by atoms with Gasteiger partial charge in [0.25, 0.3) is 0 Å². The number of halogens is 2. The fraction of sp³-hybridized carbons (Fsp3) is 0.500. The molecule has 1 fully saturated rings. The normalized spacial score (nSPS) is 22.1. The molecular weight excluding hydrogens is 339 g/mol. The summed E-state index contributed by atoms with van der Waals surface area (Å²) >= 11 is 3.36. The van der Waals surface area contributed by atoms with Gasteiger partial charge in [-0.15, -0.1) is 0 Å². The molecule has 1 aromatic carbocycles. The number of ether oxygens (including phenoxy) is 1. The van der Waals surface area contributed by atoms with Crippen molar-refractivity contribution in [3.63, 3.8) is 0 Å². The first kappa shape index (κ1) is 16.1. The molecule has 0 aliphatic heterocycles. The van der Waals surface area contributed by atoms with Crippen LogP contribution in [0.4, 0.5) is 4.39 Å². The van der Waals surface area contributed by atoms with E-state index in [4.69, 9.17) is 4.74 Å². The number of carbonyl (C=O) groups excluding carboxylic acids is 2. The Labute approximate surface area is 132 Å². The van der Waals surface area contributed by atoms with E-state index in [1.807, 2.05) is 0 Å². The molecule has 0 spiro atoms. The molecule has 0 amide bonds. The molecule has 3 nitrogen and oxygen atoms in total. The number of esters is 1. The fourth-order valence-corrected chi connectivity index (χ4v) is 3.23. The first-order valence-electron chi connectivity index (χ1n) is 7.14. The van der Waals surface area contributed by atoms with Gasteiger partial charge >= 0.3 is 5.97 Å². The summed E-state index contributed by atoms with van der Waals surface area (Å²) in [7, 11) is 0. The molecule has 0 heterocycles. The van der Waals surface area contributed by atoms with Crippen LogP contribution in [0, 0.1) is 11.2 Å². The van der Waals surface area contributed by atoms with Crippen LogP contribution in [0.5, 0.6) is 0 Å². The highest BCUT2D eigenvalue weighted by Crippen LogP contribution is 2.39. The lowest BCUT2D eigenvalue weighted by Gasteiger charge is -2.33. The molecule has 0 saturated heterocycles. The van der Waals surface area contributed by atoms with Crippen molar-refractivity contribution in [2.45, 2.75) is 39.0 Å². The standard InChI is InChI=1S/C16H18BrFO3/c1-2-21-15(20)16(8-4-3-5-14(16)19)10-11-9-12(18)6-7-13(11)17/h6-7,9H,2-5,8,10H2,1H3. The van der Waals surface area contributed by atoms with Crippen LogP contribution < -0.4 is 0 Å². The Kier molecular flexibility index (Phi) is 5.14. The van der Waals surface area contributed by atoms with Crippen molar-refractivity contribution in [3.8, 4) is 0 Å². The number of carbonyl (C=O) groups is 2. The van der Waals surface area contributed by atoms with Gasteiger partial charge in [-0.1, -0.05) is 22.4 Å². The van der Waals surface area contributed by atoms with E-state index >= 15 is 0 Å². The van der Waals surface area contributed by atoms with Crippen molar-refractivity contribution >= 4 is 27.7 Å². The summed E-state index contributed by atoms with van der Waals surface area (Å²) in [5.74, 6) is -0.954. The zero-order chi connectivity index (χ0) is 15.5. The number of Topliss-reactive ketones (excluding diaryl/α,β-unsaturated/α-hetero) is 1. The average molecular weight is 357 g/mol. The van der Waals surface area contributed by atoms with Gasteiger partial charge in [0.15, 0.2) is 5.78 Å². The molecule has 1 saturated carbocycles. The monoisotopic (exact) mass is 356 g/mol. The van der Waals surface area contributed by atoms with E-state index in [9.17, 15) is 14.0 Å². The van der Waals surface area contributed by atoms with E-state index in [1.54, 1.807) is 13.0 Å². The molecule has 1 aromatic rings. The molecule has 0 N–H and O–H groups in total. The van der Waals surface area contributed by atoms with E-state index < -0.39 is 11.4 Å².